The minimum absolute atomic E-state index is 0.0514. The van der Waals surface area contributed by atoms with E-state index in [2.05, 4.69) is 5.32 Å². The van der Waals surface area contributed by atoms with Crippen LogP contribution in [0.2, 0.25) is 0 Å². The van der Waals surface area contributed by atoms with Crippen molar-refractivity contribution in [3.8, 4) is 11.5 Å². The molecule has 0 aliphatic carbocycles. The van der Waals surface area contributed by atoms with Crippen molar-refractivity contribution in [2.45, 2.75) is 26.3 Å². The molecule has 6 heteroatoms. The normalized spacial score (nSPS) is 14.4. The highest BCUT2D eigenvalue weighted by Crippen LogP contribution is 2.29. The minimum atomic E-state index is -0.0603. The van der Waals surface area contributed by atoms with Crippen molar-refractivity contribution >= 4 is 11.8 Å². The third-order valence-electron chi connectivity index (χ3n) is 5.37. The van der Waals surface area contributed by atoms with Crippen molar-refractivity contribution < 1.29 is 19.1 Å². The number of carbonyl (C=O) groups excluding carboxylic acids is 2. The molecule has 2 amide bonds. The molecule has 154 valence electrons. The van der Waals surface area contributed by atoms with Gasteiger partial charge in [-0.2, -0.15) is 0 Å². The fourth-order valence-corrected chi connectivity index (χ4v) is 3.54. The number of aryl methyl sites for hydroxylation is 1. The highest BCUT2D eigenvalue weighted by molar-refractivity contribution is 5.95. The van der Waals surface area contributed by atoms with Gasteiger partial charge in [0, 0.05) is 31.1 Å². The summed E-state index contributed by atoms with van der Waals surface area (Å²) in [7, 11) is 3.11. The fraction of sp³-hybridized carbons (Fsp3) is 0.391. The van der Waals surface area contributed by atoms with Crippen LogP contribution >= 0.6 is 0 Å². The number of rotatable bonds is 6. The van der Waals surface area contributed by atoms with Gasteiger partial charge in [-0.15, -0.1) is 0 Å². The summed E-state index contributed by atoms with van der Waals surface area (Å²) in [5.74, 6) is 1.07. The van der Waals surface area contributed by atoms with Crippen LogP contribution in [-0.4, -0.2) is 44.0 Å². The molecule has 1 aliphatic heterocycles. The molecule has 1 aliphatic rings. The Bertz CT molecular complexity index is 856. The fourth-order valence-electron chi connectivity index (χ4n) is 3.54. The van der Waals surface area contributed by atoms with Crippen LogP contribution in [0.25, 0.3) is 0 Å². The zero-order chi connectivity index (χ0) is 20.8. The van der Waals surface area contributed by atoms with Crippen LogP contribution in [0.3, 0.4) is 0 Å². The highest BCUT2D eigenvalue weighted by atomic mass is 16.5. The number of carbonyl (C=O) groups is 2. The van der Waals surface area contributed by atoms with Crippen molar-refractivity contribution in [3.05, 3.63) is 59.2 Å². The van der Waals surface area contributed by atoms with Crippen molar-refractivity contribution in [1.82, 2.24) is 10.2 Å². The van der Waals surface area contributed by atoms with E-state index in [0.717, 1.165) is 5.56 Å². The summed E-state index contributed by atoms with van der Waals surface area (Å²) in [4.78, 5) is 27.1. The van der Waals surface area contributed by atoms with Crippen molar-refractivity contribution in [1.29, 1.82) is 0 Å². The molecule has 6 nitrogen and oxygen atoms in total. The molecule has 2 aromatic rings. The van der Waals surface area contributed by atoms with E-state index < -0.39 is 0 Å². The van der Waals surface area contributed by atoms with E-state index in [9.17, 15) is 9.59 Å². The van der Waals surface area contributed by atoms with Crippen LogP contribution in [0.4, 0.5) is 0 Å². The molecule has 1 fully saturated rings. The Morgan fingerprint density at radius 1 is 1.00 bits per heavy atom. The lowest BCUT2D eigenvalue weighted by Crippen LogP contribution is -2.42. The second-order valence-electron chi connectivity index (χ2n) is 7.34. The third-order valence-corrected chi connectivity index (χ3v) is 5.37. The number of amides is 2. The minimum Gasteiger partial charge on any atom is -0.493 e. The van der Waals surface area contributed by atoms with E-state index in [4.69, 9.17) is 9.47 Å². The van der Waals surface area contributed by atoms with Crippen LogP contribution in [0.1, 0.15) is 34.3 Å². The van der Waals surface area contributed by atoms with E-state index in [0.29, 0.717) is 49.5 Å². The van der Waals surface area contributed by atoms with Gasteiger partial charge in [-0.25, -0.2) is 0 Å². The summed E-state index contributed by atoms with van der Waals surface area (Å²) >= 11 is 0. The first-order chi connectivity index (χ1) is 14.0. The molecule has 1 heterocycles. The second kappa shape index (κ2) is 9.45. The number of methoxy groups -OCH3 is 2. The lowest BCUT2D eigenvalue weighted by Gasteiger charge is -2.31. The molecule has 2 aromatic carbocycles. The molecule has 1 saturated heterocycles. The Morgan fingerprint density at radius 2 is 1.66 bits per heavy atom. The predicted octanol–water partition coefficient (Wildman–Crippen LogP) is 3.18. The van der Waals surface area contributed by atoms with Crippen molar-refractivity contribution in [2.75, 3.05) is 27.3 Å². The van der Waals surface area contributed by atoms with Gasteiger partial charge >= 0.3 is 0 Å². The van der Waals surface area contributed by atoms with Crippen LogP contribution in [0.15, 0.2) is 42.5 Å². The van der Waals surface area contributed by atoms with Gasteiger partial charge in [0.25, 0.3) is 5.91 Å². The van der Waals surface area contributed by atoms with E-state index in [1.54, 1.807) is 37.3 Å². The Labute approximate surface area is 171 Å². The van der Waals surface area contributed by atoms with Crippen LogP contribution in [0, 0.1) is 12.8 Å². The number of piperidine rings is 1. The molecule has 0 bridgehead atoms. The molecule has 29 heavy (non-hydrogen) atoms. The van der Waals surface area contributed by atoms with Gasteiger partial charge < -0.3 is 19.7 Å². The maximum atomic E-state index is 12.8. The molecular formula is C23H28N2O4. The van der Waals surface area contributed by atoms with E-state index in [1.165, 1.54) is 5.56 Å². The lowest BCUT2D eigenvalue weighted by atomic mass is 9.95. The van der Waals surface area contributed by atoms with Gasteiger partial charge in [0.05, 0.1) is 14.2 Å². The smallest absolute Gasteiger partial charge is 0.253 e. The largest absolute Gasteiger partial charge is 0.493 e. The first-order valence-corrected chi connectivity index (χ1v) is 9.86. The topological polar surface area (TPSA) is 67.9 Å². The van der Waals surface area contributed by atoms with Gasteiger partial charge in [-0.1, -0.05) is 29.8 Å². The third kappa shape index (κ3) is 5.08. The Balaban J connectivity index is 1.52. The Hall–Kier alpha value is -3.02. The van der Waals surface area contributed by atoms with Gasteiger partial charge in [-0.3, -0.25) is 9.59 Å². The lowest BCUT2D eigenvalue weighted by molar-refractivity contribution is -0.126. The number of nitrogens with one attached hydrogen (secondary N) is 1. The molecule has 0 radical (unpaired) electrons. The van der Waals surface area contributed by atoms with Crippen LogP contribution < -0.4 is 14.8 Å². The molecule has 0 aromatic heterocycles. The van der Waals surface area contributed by atoms with E-state index in [-0.39, 0.29) is 17.7 Å². The summed E-state index contributed by atoms with van der Waals surface area (Å²) in [6, 6.07) is 13.3. The average Bonchev–Trinajstić information content (AvgIpc) is 2.77. The first kappa shape index (κ1) is 20.7. The van der Waals surface area contributed by atoms with E-state index >= 15 is 0 Å². The van der Waals surface area contributed by atoms with Gasteiger partial charge in [-0.05, 0) is 43.5 Å². The maximum Gasteiger partial charge on any atom is 0.253 e. The molecule has 0 atom stereocenters. The van der Waals surface area contributed by atoms with E-state index in [1.807, 2.05) is 31.2 Å². The number of benzene rings is 2. The number of likely N-dealkylation sites (tertiary alicyclic amines) is 1. The summed E-state index contributed by atoms with van der Waals surface area (Å²) in [5.41, 5.74) is 2.85. The maximum absolute atomic E-state index is 12.8. The number of ether oxygens (including phenoxy) is 2. The second-order valence-corrected chi connectivity index (χ2v) is 7.34. The van der Waals surface area contributed by atoms with Crippen molar-refractivity contribution in [3.63, 3.8) is 0 Å². The molecule has 0 spiro atoms. The van der Waals surface area contributed by atoms with Crippen LogP contribution in [-0.2, 0) is 11.3 Å². The monoisotopic (exact) mass is 396 g/mol. The summed E-state index contributed by atoms with van der Waals surface area (Å²) in [6.45, 7) is 3.70. The molecule has 0 unspecified atom stereocenters. The quantitative estimate of drug-likeness (QED) is 0.814. The number of hydrogen-bond acceptors (Lipinski definition) is 4. The number of nitrogens with zero attached hydrogens (tertiary/aromatic N) is 1. The van der Waals surface area contributed by atoms with Gasteiger partial charge in [0.1, 0.15) is 0 Å². The SMILES string of the molecule is COc1ccc(C(=O)N2CCC(C(=O)NCc3ccc(C)cc3)CC2)cc1OC. The Morgan fingerprint density at radius 3 is 2.28 bits per heavy atom. The first-order valence-electron chi connectivity index (χ1n) is 9.86. The Kier molecular flexibility index (Phi) is 6.75. The molecule has 1 N–H and O–H groups in total. The summed E-state index contributed by atoms with van der Waals surface area (Å²) in [5, 5.41) is 3.02. The zero-order valence-corrected chi connectivity index (χ0v) is 17.2. The predicted molar refractivity (Wildman–Crippen MR) is 111 cm³/mol. The van der Waals surface area contributed by atoms with Gasteiger partial charge in [0.15, 0.2) is 11.5 Å². The molecule has 0 saturated carbocycles. The van der Waals surface area contributed by atoms with Gasteiger partial charge in [0.2, 0.25) is 5.91 Å². The zero-order valence-electron chi connectivity index (χ0n) is 17.2. The standard InChI is InChI=1S/C23H28N2O4/c1-16-4-6-17(7-5-16)15-24-22(26)18-10-12-25(13-11-18)23(27)19-8-9-20(28-2)21(14-19)29-3/h4-9,14,18H,10-13,15H2,1-3H3,(H,24,26). The molecular weight excluding hydrogens is 368 g/mol. The summed E-state index contributed by atoms with van der Waals surface area (Å²) in [6.07, 6.45) is 1.33. The highest BCUT2D eigenvalue weighted by Gasteiger charge is 2.28. The number of hydrogen-bond donors (Lipinski definition) is 1. The van der Waals surface area contributed by atoms with Crippen molar-refractivity contribution in [2.24, 2.45) is 5.92 Å². The summed E-state index contributed by atoms with van der Waals surface area (Å²) < 4.78 is 10.5. The average molecular weight is 396 g/mol. The van der Waals surface area contributed by atoms with Crippen LogP contribution in [0.5, 0.6) is 11.5 Å². The molecule has 3 rings (SSSR count).